The summed E-state index contributed by atoms with van der Waals surface area (Å²) in [7, 11) is 3.33. The Bertz CT molecular complexity index is 1320. The monoisotopic (exact) mass is 512 g/mol. The number of likely N-dealkylation sites (tertiary alicyclic amines) is 1. The van der Waals surface area contributed by atoms with E-state index in [2.05, 4.69) is 25.2 Å². The number of nitrogens with one attached hydrogen (secondary N) is 1. The van der Waals surface area contributed by atoms with Crippen molar-refractivity contribution >= 4 is 40.4 Å². The summed E-state index contributed by atoms with van der Waals surface area (Å²) in [6.07, 6.45) is 3.38. The Morgan fingerprint density at radius 3 is 2.86 bits per heavy atom. The second kappa shape index (κ2) is 10.4. The van der Waals surface area contributed by atoms with Crippen LogP contribution in [0.1, 0.15) is 30.3 Å². The molecule has 0 bridgehead atoms. The van der Waals surface area contributed by atoms with Gasteiger partial charge in [-0.15, -0.1) is 11.8 Å². The van der Waals surface area contributed by atoms with Crippen LogP contribution < -0.4 is 10.1 Å². The van der Waals surface area contributed by atoms with Crippen LogP contribution in [0, 0.1) is 5.82 Å². The maximum atomic E-state index is 14.6. The Morgan fingerprint density at radius 1 is 1.28 bits per heavy atom. The molecule has 5 heterocycles. The number of carbonyl (C=O) groups excluding carboxylic acids is 2. The number of piperidine rings is 1. The lowest BCUT2D eigenvalue weighted by molar-refractivity contribution is -0.113. The Hall–Kier alpha value is -3.31. The second-order valence-electron chi connectivity index (χ2n) is 8.92. The number of anilines is 1. The van der Waals surface area contributed by atoms with Crippen molar-refractivity contribution < 1.29 is 20.1 Å². The molecule has 190 valence electrons. The minimum absolute atomic E-state index is 0. The van der Waals surface area contributed by atoms with Gasteiger partial charge in [0.25, 0.3) is 5.91 Å². The molecule has 2 aliphatic heterocycles. The van der Waals surface area contributed by atoms with Gasteiger partial charge in [-0.1, -0.05) is 0 Å². The predicted molar refractivity (Wildman–Crippen MR) is 137 cm³/mol. The SMILES string of the molecule is COc1ccc2ncc(F)c(CCN3CCC(N(C)C(=O)c4ccc5c(n4)NC(=O)CS5)CC3)c2n1.[HH]. The van der Waals surface area contributed by atoms with Crippen LogP contribution in [0.2, 0.25) is 0 Å². The molecule has 0 radical (unpaired) electrons. The molecular weight excluding hydrogens is 483 g/mol. The molecule has 5 rings (SSSR count). The molecule has 0 aliphatic carbocycles. The fourth-order valence-electron chi connectivity index (χ4n) is 4.66. The Kier molecular flexibility index (Phi) is 7.01. The fourth-order valence-corrected chi connectivity index (χ4v) is 5.41. The van der Waals surface area contributed by atoms with E-state index in [1.165, 1.54) is 25.1 Å². The molecule has 1 saturated heterocycles. The van der Waals surface area contributed by atoms with Gasteiger partial charge in [-0.3, -0.25) is 14.6 Å². The van der Waals surface area contributed by atoms with Gasteiger partial charge in [-0.05, 0) is 37.5 Å². The normalized spacial score (nSPS) is 16.5. The van der Waals surface area contributed by atoms with E-state index >= 15 is 0 Å². The molecule has 2 amide bonds. The van der Waals surface area contributed by atoms with Gasteiger partial charge in [0.2, 0.25) is 11.8 Å². The maximum absolute atomic E-state index is 14.6. The number of carbonyl (C=O) groups is 2. The van der Waals surface area contributed by atoms with E-state index in [1.807, 2.05) is 6.07 Å². The number of methoxy groups -OCH3 is 1. The number of amides is 2. The minimum Gasteiger partial charge on any atom is -0.481 e. The molecule has 0 atom stereocenters. The largest absolute Gasteiger partial charge is 0.481 e. The quantitative estimate of drug-likeness (QED) is 0.537. The van der Waals surface area contributed by atoms with Crippen LogP contribution in [-0.2, 0) is 11.2 Å². The molecule has 1 fully saturated rings. The van der Waals surface area contributed by atoms with Crippen LogP contribution in [0.5, 0.6) is 5.88 Å². The number of hydrogen-bond acceptors (Lipinski definition) is 8. The van der Waals surface area contributed by atoms with Crippen LogP contribution in [0.15, 0.2) is 35.4 Å². The molecule has 3 aromatic rings. The number of pyridine rings is 3. The van der Waals surface area contributed by atoms with Crippen LogP contribution in [0.4, 0.5) is 10.2 Å². The summed E-state index contributed by atoms with van der Waals surface area (Å²) in [4.78, 5) is 42.6. The third-order valence-electron chi connectivity index (χ3n) is 6.75. The number of aromatic nitrogens is 3. The highest BCUT2D eigenvalue weighted by Crippen LogP contribution is 2.30. The number of ether oxygens (including phenoxy) is 1. The highest BCUT2D eigenvalue weighted by molar-refractivity contribution is 8.00. The Balaban J connectivity index is 0.00000320. The molecule has 0 aromatic carbocycles. The summed E-state index contributed by atoms with van der Waals surface area (Å²) in [5.41, 5.74) is 2.03. The van der Waals surface area contributed by atoms with Gasteiger partial charge in [0.1, 0.15) is 17.3 Å². The van der Waals surface area contributed by atoms with Crippen molar-refractivity contribution in [1.29, 1.82) is 0 Å². The zero-order chi connectivity index (χ0) is 25.2. The van der Waals surface area contributed by atoms with E-state index in [0.717, 1.165) is 30.8 Å². The van der Waals surface area contributed by atoms with Crippen LogP contribution in [-0.4, -0.2) is 82.2 Å². The van der Waals surface area contributed by atoms with Crippen molar-refractivity contribution in [2.75, 3.05) is 44.9 Å². The zero-order valence-electron chi connectivity index (χ0n) is 20.2. The fraction of sp³-hybridized carbons (Fsp3) is 0.400. The third kappa shape index (κ3) is 4.98. The van der Waals surface area contributed by atoms with Crippen molar-refractivity contribution in [3.63, 3.8) is 0 Å². The maximum Gasteiger partial charge on any atom is 0.272 e. The second-order valence-corrected chi connectivity index (χ2v) is 9.94. The first-order valence-corrected chi connectivity index (χ1v) is 12.8. The van der Waals surface area contributed by atoms with E-state index in [9.17, 15) is 14.0 Å². The number of rotatable bonds is 6. The average molecular weight is 513 g/mol. The van der Waals surface area contributed by atoms with Crippen molar-refractivity contribution in [2.45, 2.75) is 30.2 Å². The Morgan fingerprint density at radius 2 is 2.08 bits per heavy atom. The predicted octanol–water partition coefficient (Wildman–Crippen LogP) is 3.24. The van der Waals surface area contributed by atoms with Crippen molar-refractivity contribution in [2.24, 2.45) is 0 Å². The van der Waals surface area contributed by atoms with Crippen LogP contribution in [0.3, 0.4) is 0 Å². The van der Waals surface area contributed by atoms with Crippen molar-refractivity contribution in [3.8, 4) is 5.88 Å². The van der Waals surface area contributed by atoms with Crippen molar-refractivity contribution in [3.05, 3.63) is 47.5 Å². The lowest BCUT2D eigenvalue weighted by Crippen LogP contribution is -2.46. The first-order chi connectivity index (χ1) is 17.4. The van der Waals surface area contributed by atoms with Gasteiger partial charge in [0.15, 0.2) is 0 Å². The van der Waals surface area contributed by atoms with Gasteiger partial charge in [0.05, 0.1) is 35.0 Å². The molecule has 36 heavy (non-hydrogen) atoms. The average Bonchev–Trinajstić information content (AvgIpc) is 2.91. The topological polar surface area (TPSA) is 101 Å². The lowest BCUT2D eigenvalue weighted by atomic mass is 10.0. The van der Waals surface area contributed by atoms with Gasteiger partial charge < -0.3 is 19.9 Å². The van der Waals surface area contributed by atoms with Gasteiger partial charge >= 0.3 is 0 Å². The molecule has 2 aliphatic rings. The van der Waals surface area contributed by atoms with Crippen LogP contribution in [0.25, 0.3) is 11.0 Å². The van der Waals surface area contributed by atoms with E-state index < -0.39 is 0 Å². The van der Waals surface area contributed by atoms with Gasteiger partial charge in [-0.25, -0.2) is 14.4 Å². The first-order valence-electron chi connectivity index (χ1n) is 11.8. The summed E-state index contributed by atoms with van der Waals surface area (Å²) in [6.45, 7) is 2.28. The van der Waals surface area contributed by atoms with E-state index in [-0.39, 0.29) is 25.1 Å². The van der Waals surface area contributed by atoms with E-state index in [0.29, 0.717) is 52.7 Å². The molecule has 3 aromatic heterocycles. The standard InChI is InChI=1S/C25H27FN6O3S.H2/c1-31(25(34)19-3-5-20-24(28-19)29-21(33)14-36-20)15-7-10-32(11-8-15)12-9-16-17(26)13-27-18-4-6-22(35-2)30-23(16)18;/h3-6,13,15H,7-12,14H2,1-2H3,(H,28,29,33);1H. The summed E-state index contributed by atoms with van der Waals surface area (Å²) < 4.78 is 19.8. The minimum atomic E-state index is -0.365. The summed E-state index contributed by atoms with van der Waals surface area (Å²) in [6, 6.07) is 7.14. The first kappa shape index (κ1) is 24.4. The highest BCUT2D eigenvalue weighted by Gasteiger charge is 2.28. The van der Waals surface area contributed by atoms with Crippen LogP contribution >= 0.6 is 11.8 Å². The van der Waals surface area contributed by atoms with E-state index in [1.54, 1.807) is 30.1 Å². The zero-order valence-corrected chi connectivity index (χ0v) is 21.0. The van der Waals surface area contributed by atoms with E-state index in [4.69, 9.17) is 4.74 Å². The summed E-state index contributed by atoms with van der Waals surface area (Å²) >= 11 is 1.42. The molecular formula is C25H29FN6O3S. The molecule has 1 N–H and O–H groups in total. The molecule has 0 unspecified atom stereocenters. The number of hydrogen-bond donors (Lipinski definition) is 1. The number of nitrogens with zero attached hydrogens (tertiary/aromatic N) is 5. The smallest absolute Gasteiger partial charge is 0.272 e. The Labute approximate surface area is 213 Å². The molecule has 9 nitrogen and oxygen atoms in total. The number of halogens is 1. The summed E-state index contributed by atoms with van der Waals surface area (Å²) in [5.74, 6) is 0.601. The summed E-state index contributed by atoms with van der Waals surface area (Å²) in [5, 5.41) is 2.74. The van der Waals surface area contributed by atoms with Gasteiger partial charge in [0, 0.05) is 45.8 Å². The molecule has 0 saturated carbocycles. The molecule has 0 spiro atoms. The van der Waals surface area contributed by atoms with Gasteiger partial charge in [-0.2, -0.15) is 0 Å². The number of fused-ring (bicyclic) bond motifs is 2. The lowest BCUT2D eigenvalue weighted by Gasteiger charge is -2.36. The highest BCUT2D eigenvalue weighted by atomic mass is 32.2. The number of thioether (sulfide) groups is 1. The third-order valence-corrected chi connectivity index (χ3v) is 7.79. The molecule has 11 heteroatoms. The van der Waals surface area contributed by atoms with Crippen molar-refractivity contribution in [1.82, 2.24) is 24.8 Å².